The van der Waals surface area contributed by atoms with Gasteiger partial charge in [0.15, 0.2) is 0 Å². The fourth-order valence-electron chi connectivity index (χ4n) is 6.43. The standard InChI is InChI=1S/C18H28S/c1-3-5-6-19-16-10-13-9-15(16)18-12-7-11(4-2)14(8-12)17(13)18/h4,11-18H,2-3,5-10H2,1H3/t11-,12-,13+,14-,15-,16+,17?,18?/m0/s1. The van der Waals surface area contributed by atoms with Crippen LogP contribution in [-0.4, -0.2) is 11.0 Å². The number of thioether (sulfide) groups is 1. The minimum Gasteiger partial charge on any atom is -0.158 e. The van der Waals surface area contributed by atoms with E-state index < -0.39 is 0 Å². The number of hydrogen-bond acceptors (Lipinski definition) is 1. The topological polar surface area (TPSA) is 0 Å². The SMILES string of the molecule is C=C[C@H]1C[C@H]2C[C@@H]1C1C2[C@H]2C[C@@H]1C[C@H]2SCCCC. The lowest BCUT2D eigenvalue weighted by Crippen LogP contribution is -2.36. The van der Waals surface area contributed by atoms with Gasteiger partial charge in [0.05, 0.1) is 0 Å². The molecule has 106 valence electrons. The van der Waals surface area contributed by atoms with E-state index in [1.165, 1.54) is 25.0 Å². The average Bonchev–Trinajstić information content (AvgIpc) is 3.15. The van der Waals surface area contributed by atoms with Crippen LogP contribution >= 0.6 is 11.8 Å². The zero-order valence-corrected chi connectivity index (χ0v) is 13.1. The first-order valence-electron chi connectivity index (χ1n) is 8.57. The molecule has 0 amide bonds. The molecule has 4 aliphatic carbocycles. The Bertz CT molecular complexity index is 363. The third-order valence-electron chi connectivity index (χ3n) is 6.94. The fraction of sp³-hybridized carbons (Fsp3) is 0.889. The molecule has 19 heavy (non-hydrogen) atoms. The molecule has 2 unspecified atom stereocenters. The van der Waals surface area contributed by atoms with Crippen molar-refractivity contribution in [2.24, 2.45) is 41.4 Å². The first-order valence-corrected chi connectivity index (χ1v) is 9.62. The quantitative estimate of drug-likeness (QED) is 0.387. The van der Waals surface area contributed by atoms with Gasteiger partial charge in [-0.15, -0.1) is 6.58 Å². The Kier molecular flexibility index (Phi) is 3.25. The molecule has 0 saturated heterocycles. The molecule has 0 aromatic heterocycles. The summed E-state index contributed by atoms with van der Waals surface area (Å²) in [5.41, 5.74) is 0. The van der Waals surface area contributed by atoms with Crippen LogP contribution in [0, 0.1) is 41.4 Å². The van der Waals surface area contributed by atoms with Crippen molar-refractivity contribution < 1.29 is 0 Å². The molecule has 8 atom stereocenters. The van der Waals surface area contributed by atoms with E-state index in [2.05, 4.69) is 31.3 Å². The summed E-state index contributed by atoms with van der Waals surface area (Å²) in [4.78, 5) is 0. The summed E-state index contributed by atoms with van der Waals surface area (Å²) in [5.74, 6) is 8.91. The molecule has 4 bridgehead atoms. The molecule has 4 aliphatic rings. The lowest BCUT2D eigenvalue weighted by Gasteiger charge is -2.40. The Hall–Kier alpha value is 0.0900. The summed E-state index contributed by atoms with van der Waals surface area (Å²) in [6, 6.07) is 0. The highest BCUT2D eigenvalue weighted by Crippen LogP contribution is 2.70. The van der Waals surface area contributed by atoms with Crippen molar-refractivity contribution in [3.05, 3.63) is 12.7 Å². The van der Waals surface area contributed by atoms with Gasteiger partial charge in [0.2, 0.25) is 0 Å². The largest absolute Gasteiger partial charge is 0.158 e. The molecule has 4 rings (SSSR count). The van der Waals surface area contributed by atoms with Gasteiger partial charge in [-0.25, -0.2) is 0 Å². The van der Waals surface area contributed by atoms with Crippen LogP contribution in [0.2, 0.25) is 0 Å². The third-order valence-corrected chi connectivity index (χ3v) is 8.44. The summed E-state index contributed by atoms with van der Waals surface area (Å²) >= 11 is 2.33. The zero-order chi connectivity index (χ0) is 13.0. The van der Waals surface area contributed by atoms with Crippen molar-refractivity contribution in [3.63, 3.8) is 0 Å². The van der Waals surface area contributed by atoms with E-state index in [9.17, 15) is 0 Å². The van der Waals surface area contributed by atoms with Crippen LogP contribution in [0.5, 0.6) is 0 Å². The van der Waals surface area contributed by atoms with Crippen LogP contribution in [0.15, 0.2) is 12.7 Å². The summed E-state index contributed by atoms with van der Waals surface area (Å²) < 4.78 is 0. The first kappa shape index (κ1) is 12.8. The summed E-state index contributed by atoms with van der Waals surface area (Å²) in [6.45, 7) is 6.42. The minimum absolute atomic E-state index is 0.886. The Labute approximate surface area is 122 Å². The molecule has 0 radical (unpaired) electrons. The molecule has 0 spiro atoms. The van der Waals surface area contributed by atoms with E-state index in [0.29, 0.717) is 0 Å². The molecular weight excluding hydrogens is 248 g/mol. The zero-order valence-electron chi connectivity index (χ0n) is 12.3. The van der Waals surface area contributed by atoms with Gasteiger partial charge in [-0.2, -0.15) is 11.8 Å². The molecule has 0 nitrogen and oxygen atoms in total. The van der Waals surface area contributed by atoms with Crippen molar-refractivity contribution in [1.82, 2.24) is 0 Å². The Morgan fingerprint density at radius 1 is 1.05 bits per heavy atom. The number of allylic oxidation sites excluding steroid dienone is 1. The van der Waals surface area contributed by atoms with Crippen LogP contribution in [0.25, 0.3) is 0 Å². The first-order chi connectivity index (χ1) is 9.33. The van der Waals surface area contributed by atoms with Gasteiger partial charge in [-0.1, -0.05) is 19.4 Å². The molecule has 0 aromatic rings. The van der Waals surface area contributed by atoms with Gasteiger partial charge in [-0.05, 0) is 79.3 Å². The Balaban J connectivity index is 1.45. The second-order valence-corrected chi connectivity index (χ2v) is 8.95. The smallest absolute Gasteiger partial charge is 0.00810 e. The van der Waals surface area contributed by atoms with E-state index in [4.69, 9.17) is 0 Å². The van der Waals surface area contributed by atoms with Gasteiger partial charge >= 0.3 is 0 Å². The summed E-state index contributed by atoms with van der Waals surface area (Å²) in [7, 11) is 0. The van der Waals surface area contributed by atoms with Crippen LogP contribution in [-0.2, 0) is 0 Å². The van der Waals surface area contributed by atoms with Crippen molar-refractivity contribution in [2.75, 3.05) is 5.75 Å². The van der Waals surface area contributed by atoms with Gasteiger partial charge in [-0.3, -0.25) is 0 Å². The van der Waals surface area contributed by atoms with Crippen LogP contribution in [0.1, 0.15) is 45.4 Å². The average molecular weight is 276 g/mol. The maximum absolute atomic E-state index is 4.10. The van der Waals surface area contributed by atoms with Gasteiger partial charge in [0.25, 0.3) is 0 Å². The molecular formula is C18H28S. The predicted octanol–water partition coefficient (Wildman–Crippen LogP) is 5.00. The Morgan fingerprint density at radius 3 is 2.58 bits per heavy atom. The van der Waals surface area contributed by atoms with Crippen LogP contribution in [0.3, 0.4) is 0 Å². The highest BCUT2D eigenvalue weighted by Gasteiger charge is 2.63. The van der Waals surface area contributed by atoms with Gasteiger partial charge in [0.1, 0.15) is 0 Å². The van der Waals surface area contributed by atoms with E-state index >= 15 is 0 Å². The van der Waals surface area contributed by atoms with Crippen LogP contribution in [0.4, 0.5) is 0 Å². The number of fused-ring (bicyclic) bond motifs is 9. The molecule has 0 heterocycles. The molecule has 0 aliphatic heterocycles. The van der Waals surface area contributed by atoms with E-state index in [1.807, 2.05) is 0 Å². The Morgan fingerprint density at radius 2 is 1.79 bits per heavy atom. The van der Waals surface area contributed by atoms with E-state index in [0.717, 1.165) is 46.7 Å². The molecule has 0 N–H and O–H groups in total. The van der Waals surface area contributed by atoms with Crippen molar-refractivity contribution in [3.8, 4) is 0 Å². The molecule has 4 saturated carbocycles. The van der Waals surface area contributed by atoms with E-state index in [1.54, 1.807) is 19.3 Å². The second-order valence-electron chi connectivity index (χ2n) is 7.61. The molecule has 4 fully saturated rings. The monoisotopic (exact) mass is 276 g/mol. The highest BCUT2D eigenvalue weighted by molar-refractivity contribution is 7.99. The fourth-order valence-corrected chi connectivity index (χ4v) is 8.11. The maximum Gasteiger partial charge on any atom is 0.00810 e. The summed E-state index contributed by atoms with van der Waals surface area (Å²) in [6.07, 6.45) is 11.3. The number of rotatable bonds is 5. The predicted molar refractivity (Wildman–Crippen MR) is 84.2 cm³/mol. The van der Waals surface area contributed by atoms with Gasteiger partial charge in [0, 0.05) is 5.25 Å². The lowest BCUT2D eigenvalue weighted by atomic mass is 9.67. The molecule has 0 aromatic carbocycles. The molecule has 1 heteroatoms. The maximum atomic E-state index is 4.10. The normalized spacial score (nSPS) is 53.7. The van der Waals surface area contributed by atoms with Crippen molar-refractivity contribution in [2.45, 2.75) is 50.7 Å². The highest BCUT2D eigenvalue weighted by atomic mass is 32.2. The number of hydrogen-bond donors (Lipinski definition) is 0. The minimum atomic E-state index is 0.886. The number of unbranched alkanes of at least 4 members (excludes halogenated alkanes) is 1. The second kappa shape index (κ2) is 4.83. The van der Waals surface area contributed by atoms with Gasteiger partial charge < -0.3 is 0 Å². The summed E-state index contributed by atoms with van der Waals surface area (Å²) in [5, 5.41) is 1.04. The third kappa shape index (κ3) is 1.79. The van der Waals surface area contributed by atoms with Crippen LogP contribution < -0.4 is 0 Å². The van der Waals surface area contributed by atoms with E-state index in [-0.39, 0.29) is 0 Å². The van der Waals surface area contributed by atoms with Crippen molar-refractivity contribution in [1.29, 1.82) is 0 Å². The lowest BCUT2D eigenvalue weighted by molar-refractivity contribution is 0.125. The van der Waals surface area contributed by atoms with Crippen molar-refractivity contribution >= 4 is 11.8 Å².